The van der Waals surface area contributed by atoms with Crippen molar-refractivity contribution in [2.45, 2.75) is 6.61 Å². The van der Waals surface area contributed by atoms with E-state index in [0.29, 0.717) is 23.6 Å². The molecule has 1 aliphatic heterocycles. The molecule has 4 aromatic carbocycles. The van der Waals surface area contributed by atoms with E-state index in [9.17, 15) is 14.4 Å². The number of nitrogens with one attached hydrogen (secondary N) is 1. The van der Waals surface area contributed by atoms with Gasteiger partial charge in [-0.1, -0.05) is 60.7 Å². The second-order valence-electron chi connectivity index (χ2n) is 8.29. The lowest BCUT2D eigenvalue weighted by Gasteiger charge is -2.13. The summed E-state index contributed by atoms with van der Waals surface area (Å²) in [5.41, 5.74) is 2.33. The normalized spacial score (nSPS) is 14.4. The molecule has 0 bridgehead atoms. The Morgan fingerprint density at radius 2 is 1.65 bits per heavy atom. The minimum Gasteiger partial charge on any atom is -0.488 e. The highest BCUT2D eigenvalue weighted by Gasteiger charge is 2.36. The number of rotatable bonds is 7. The molecule has 0 spiro atoms. The van der Waals surface area contributed by atoms with E-state index >= 15 is 0 Å². The number of imide groups is 1. The molecule has 0 unspecified atom stereocenters. The molecule has 0 atom stereocenters. The summed E-state index contributed by atoms with van der Waals surface area (Å²) < 4.78 is 7.18. The van der Waals surface area contributed by atoms with Crippen molar-refractivity contribution in [3.05, 3.63) is 111 Å². The maximum absolute atomic E-state index is 13.0. The van der Waals surface area contributed by atoms with Crippen LogP contribution in [0.25, 0.3) is 16.8 Å². The van der Waals surface area contributed by atoms with Crippen LogP contribution in [0.15, 0.2) is 95.9 Å². The molecule has 1 fully saturated rings. The van der Waals surface area contributed by atoms with Gasteiger partial charge >= 0.3 is 0 Å². The van der Waals surface area contributed by atoms with Gasteiger partial charge in [0.1, 0.15) is 18.9 Å². The average Bonchev–Trinajstić information content (AvgIpc) is 3.16. The first-order valence-electron chi connectivity index (χ1n) is 11.5. The van der Waals surface area contributed by atoms with Crippen molar-refractivity contribution < 1.29 is 19.1 Å². The maximum Gasteiger partial charge on any atom is 0.294 e. The molecule has 0 radical (unpaired) electrons. The van der Waals surface area contributed by atoms with Crippen molar-refractivity contribution >= 4 is 73.9 Å². The lowest BCUT2D eigenvalue weighted by atomic mass is 10.1. The number of amides is 3. The number of hydrogen-bond acceptors (Lipinski definition) is 5. The Balaban J connectivity index is 1.29. The summed E-state index contributed by atoms with van der Waals surface area (Å²) in [5.74, 6) is -0.348. The number of para-hydroxylation sites is 1. The lowest BCUT2D eigenvalue weighted by Crippen LogP contribution is -2.36. The zero-order chi connectivity index (χ0) is 25.8. The molecule has 4 aromatic rings. The van der Waals surface area contributed by atoms with E-state index in [1.807, 2.05) is 60.7 Å². The molecule has 0 saturated carbocycles. The molecule has 1 saturated heterocycles. The van der Waals surface area contributed by atoms with Gasteiger partial charge in [0.05, 0.1) is 4.91 Å². The zero-order valence-corrected chi connectivity index (χ0v) is 22.5. The van der Waals surface area contributed by atoms with Gasteiger partial charge in [-0.15, -0.1) is 0 Å². The average molecular weight is 620 g/mol. The topological polar surface area (TPSA) is 75.7 Å². The van der Waals surface area contributed by atoms with E-state index in [1.54, 1.807) is 18.2 Å². The highest BCUT2D eigenvalue weighted by molar-refractivity contribution is 14.1. The van der Waals surface area contributed by atoms with Crippen molar-refractivity contribution in [1.29, 1.82) is 0 Å². The molecule has 0 aromatic heterocycles. The summed E-state index contributed by atoms with van der Waals surface area (Å²) in [4.78, 5) is 39.2. The van der Waals surface area contributed by atoms with Crippen LogP contribution in [0, 0.1) is 3.57 Å². The van der Waals surface area contributed by atoms with Crippen LogP contribution >= 0.6 is 34.4 Å². The first kappa shape index (κ1) is 25.0. The Morgan fingerprint density at radius 1 is 0.919 bits per heavy atom. The van der Waals surface area contributed by atoms with Gasteiger partial charge in [-0.05, 0) is 87.1 Å². The van der Waals surface area contributed by atoms with Crippen molar-refractivity contribution in [3.63, 3.8) is 0 Å². The van der Waals surface area contributed by atoms with E-state index in [2.05, 4.69) is 46.1 Å². The molecule has 1 heterocycles. The Hall–Kier alpha value is -3.63. The molecule has 6 nitrogen and oxygen atoms in total. The summed E-state index contributed by atoms with van der Waals surface area (Å²) in [6, 6.07) is 28.8. The Morgan fingerprint density at radius 3 is 2.49 bits per heavy atom. The number of fused-ring (bicyclic) bond motifs is 1. The van der Waals surface area contributed by atoms with Gasteiger partial charge in [-0.3, -0.25) is 19.3 Å². The minimum absolute atomic E-state index is 0.244. The number of benzene rings is 4. The van der Waals surface area contributed by atoms with Gasteiger partial charge in [-0.2, -0.15) is 0 Å². The number of halogens is 1. The Labute approximate surface area is 231 Å². The molecule has 5 rings (SSSR count). The number of carbonyl (C=O) groups excluding carboxylic acids is 3. The van der Waals surface area contributed by atoms with Gasteiger partial charge < -0.3 is 10.1 Å². The fourth-order valence-corrected chi connectivity index (χ4v) is 5.15. The zero-order valence-electron chi connectivity index (χ0n) is 19.5. The highest BCUT2D eigenvalue weighted by atomic mass is 127. The minimum atomic E-state index is -0.503. The third-order valence-electron chi connectivity index (χ3n) is 5.77. The second kappa shape index (κ2) is 11.2. The van der Waals surface area contributed by atoms with Crippen molar-refractivity contribution in [2.24, 2.45) is 0 Å². The number of thioether (sulfide) groups is 1. The quantitative estimate of drug-likeness (QED) is 0.184. The van der Waals surface area contributed by atoms with Crippen LogP contribution in [0.1, 0.15) is 11.1 Å². The number of hydrogen-bond donors (Lipinski definition) is 1. The maximum atomic E-state index is 13.0. The summed E-state index contributed by atoms with van der Waals surface area (Å²) in [7, 11) is 0. The highest BCUT2D eigenvalue weighted by Crippen LogP contribution is 2.34. The molecular formula is C29H21IN2O4S. The molecule has 3 amide bonds. The van der Waals surface area contributed by atoms with Gasteiger partial charge in [0.25, 0.3) is 11.1 Å². The molecule has 1 aliphatic rings. The van der Waals surface area contributed by atoms with Crippen LogP contribution in [0.3, 0.4) is 0 Å². The van der Waals surface area contributed by atoms with Crippen LogP contribution in [0.5, 0.6) is 5.75 Å². The van der Waals surface area contributed by atoms with Crippen LogP contribution in [0.2, 0.25) is 0 Å². The second-order valence-corrected chi connectivity index (χ2v) is 10.5. The number of ether oxygens (including phenoxy) is 1. The van der Waals surface area contributed by atoms with Crippen molar-refractivity contribution in [2.75, 3.05) is 11.9 Å². The predicted molar refractivity (Wildman–Crippen MR) is 155 cm³/mol. The standard InChI is InChI=1S/C29H21IN2O4S/c30-22-12-14-23(15-13-22)31-27(33)17-32-28(34)26(37-29(32)35)16-20-7-2-4-11-25(20)36-18-21-9-5-8-19-6-1-3-10-24(19)21/h1-16H,17-18H2,(H,31,33)/b26-16-. The summed E-state index contributed by atoms with van der Waals surface area (Å²) in [6.45, 7) is -0.000381. The fourth-order valence-electron chi connectivity index (χ4n) is 3.96. The third kappa shape index (κ3) is 5.86. The van der Waals surface area contributed by atoms with Crippen LogP contribution in [-0.2, 0) is 16.2 Å². The van der Waals surface area contributed by atoms with Crippen LogP contribution in [-0.4, -0.2) is 28.5 Å². The molecule has 1 N–H and O–H groups in total. The summed E-state index contributed by atoms with van der Waals surface area (Å²) in [6.07, 6.45) is 1.64. The van der Waals surface area contributed by atoms with Gasteiger partial charge in [-0.25, -0.2) is 0 Å². The fraction of sp³-hybridized carbons (Fsp3) is 0.0690. The Kier molecular flexibility index (Phi) is 7.57. The molecule has 0 aliphatic carbocycles. The van der Waals surface area contributed by atoms with Crippen LogP contribution < -0.4 is 10.1 Å². The van der Waals surface area contributed by atoms with E-state index in [-0.39, 0.29) is 11.4 Å². The predicted octanol–water partition coefficient (Wildman–Crippen LogP) is 6.70. The van der Waals surface area contributed by atoms with Crippen LogP contribution in [0.4, 0.5) is 10.5 Å². The van der Waals surface area contributed by atoms with Gasteiger partial charge in [0, 0.05) is 14.8 Å². The summed E-state index contributed by atoms with van der Waals surface area (Å²) >= 11 is 2.99. The lowest BCUT2D eigenvalue weighted by molar-refractivity contribution is -0.127. The van der Waals surface area contributed by atoms with Crippen molar-refractivity contribution in [1.82, 2.24) is 4.90 Å². The SMILES string of the molecule is O=C(CN1C(=O)S/C(=C\c2ccccc2OCc2cccc3ccccc23)C1=O)Nc1ccc(I)cc1. The largest absolute Gasteiger partial charge is 0.488 e. The number of anilines is 1. The van der Waals surface area contributed by atoms with E-state index in [0.717, 1.165) is 36.6 Å². The van der Waals surface area contributed by atoms with E-state index in [1.165, 1.54) is 0 Å². The monoisotopic (exact) mass is 620 g/mol. The number of carbonyl (C=O) groups is 3. The van der Waals surface area contributed by atoms with Gasteiger partial charge in [0.2, 0.25) is 5.91 Å². The third-order valence-corrected chi connectivity index (χ3v) is 7.40. The van der Waals surface area contributed by atoms with E-state index in [4.69, 9.17) is 4.74 Å². The molecular weight excluding hydrogens is 599 g/mol. The first-order chi connectivity index (χ1) is 18.0. The van der Waals surface area contributed by atoms with E-state index < -0.39 is 17.1 Å². The van der Waals surface area contributed by atoms with Crippen molar-refractivity contribution in [3.8, 4) is 5.75 Å². The number of nitrogens with zero attached hydrogens (tertiary/aromatic N) is 1. The Bertz CT molecular complexity index is 1530. The molecule has 8 heteroatoms. The van der Waals surface area contributed by atoms with Gasteiger partial charge in [0.15, 0.2) is 0 Å². The summed E-state index contributed by atoms with van der Waals surface area (Å²) in [5, 5.41) is 4.49. The first-order valence-corrected chi connectivity index (χ1v) is 13.4. The smallest absolute Gasteiger partial charge is 0.294 e. The molecule has 37 heavy (non-hydrogen) atoms. The molecule has 184 valence electrons.